The van der Waals surface area contributed by atoms with E-state index in [-0.39, 0.29) is 5.54 Å². The van der Waals surface area contributed by atoms with Crippen LogP contribution < -0.4 is 5.32 Å². The van der Waals surface area contributed by atoms with Crippen molar-refractivity contribution in [3.63, 3.8) is 0 Å². The molecule has 0 bridgehead atoms. The van der Waals surface area contributed by atoms with Gasteiger partial charge >= 0.3 is 0 Å². The van der Waals surface area contributed by atoms with E-state index >= 15 is 0 Å². The van der Waals surface area contributed by atoms with Crippen LogP contribution in [0.2, 0.25) is 0 Å². The number of nitrogens with one attached hydrogen (secondary N) is 1. The lowest BCUT2D eigenvalue weighted by atomic mass is 9.94. The first kappa shape index (κ1) is 14.7. The fourth-order valence-electron chi connectivity index (χ4n) is 2.86. The van der Waals surface area contributed by atoms with Gasteiger partial charge in [-0.3, -0.25) is 0 Å². The molecule has 1 aromatic heterocycles. The molecule has 0 unspecified atom stereocenters. The molecule has 0 aliphatic carbocycles. The van der Waals surface area contributed by atoms with Crippen LogP contribution in [0, 0.1) is 0 Å². The van der Waals surface area contributed by atoms with Crippen molar-refractivity contribution in [3.8, 4) is 0 Å². The molecule has 1 aromatic carbocycles. The topological polar surface area (TPSA) is 42.7 Å². The van der Waals surface area contributed by atoms with E-state index in [4.69, 9.17) is 0 Å². The number of hydrogen-bond acceptors (Lipinski definition) is 3. The molecule has 0 fully saturated rings. The quantitative estimate of drug-likeness (QED) is 0.920. The van der Waals surface area contributed by atoms with Crippen molar-refractivity contribution in [1.29, 1.82) is 0 Å². The molecule has 0 radical (unpaired) electrons. The average Bonchev–Trinajstić information content (AvgIpc) is 2.89. The predicted octanol–water partition coefficient (Wildman–Crippen LogP) is 3.40. The van der Waals surface area contributed by atoms with Crippen molar-refractivity contribution in [2.24, 2.45) is 0 Å². The van der Waals surface area contributed by atoms with Gasteiger partial charge in [0, 0.05) is 23.0 Å². The Kier molecular flexibility index (Phi) is 4.13. The Morgan fingerprint density at radius 1 is 1.24 bits per heavy atom. The van der Waals surface area contributed by atoms with Gasteiger partial charge in [0.1, 0.15) is 11.6 Å². The van der Waals surface area contributed by atoms with Gasteiger partial charge in [0.05, 0.1) is 6.54 Å². The Labute approximate surface area is 134 Å². The summed E-state index contributed by atoms with van der Waals surface area (Å²) >= 11 is 3.64. The lowest BCUT2D eigenvalue weighted by molar-refractivity contribution is 0.384. The highest BCUT2D eigenvalue weighted by Gasteiger charge is 2.24. The number of fused-ring (bicyclic) bond motifs is 1. The minimum atomic E-state index is -0.124. The zero-order valence-electron chi connectivity index (χ0n) is 12.6. The highest BCUT2D eigenvalue weighted by molar-refractivity contribution is 9.10. The summed E-state index contributed by atoms with van der Waals surface area (Å²) in [4.78, 5) is 0. The summed E-state index contributed by atoms with van der Waals surface area (Å²) in [5.74, 6) is 2.18. The predicted molar refractivity (Wildman–Crippen MR) is 87.0 cm³/mol. The highest BCUT2D eigenvalue weighted by Crippen LogP contribution is 2.28. The Bertz CT molecular complexity index is 633. The second-order valence-corrected chi connectivity index (χ2v) is 6.95. The number of aryl methyl sites for hydroxylation is 1. The number of halogens is 1. The van der Waals surface area contributed by atoms with Gasteiger partial charge in [-0.25, -0.2) is 0 Å². The maximum absolute atomic E-state index is 4.36. The summed E-state index contributed by atoms with van der Waals surface area (Å²) in [6.07, 6.45) is 3.51. The van der Waals surface area contributed by atoms with E-state index < -0.39 is 0 Å². The molecule has 0 saturated heterocycles. The van der Waals surface area contributed by atoms with E-state index in [1.807, 2.05) is 6.07 Å². The standard InChI is InChI=1S/C16H21BrN4/c1-16(2,12-7-3-4-8-13(12)17)18-11-15-20-19-14-9-5-6-10-21(14)15/h3-4,7-8,18H,5-6,9-11H2,1-2H3. The Morgan fingerprint density at radius 2 is 2.05 bits per heavy atom. The van der Waals surface area contributed by atoms with Crippen LogP contribution in [0.5, 0.6) is 0 Å². The zero-order valence-corrected chi connectivity index (χ0v) is 14.2. The molecule has 112 valence electrons. The monoisotopic (exact) mass is 348 g/mol. The molecule has 21 heavy (non-hydrogen) atoms. The van der Waals surface area contributed by atoms with Gasteiger partial charge in [-0.2, -0.15) is 0 Å². The van der Waals surface area contributed by atoms with Crippen LogP contribution in [0.4, 0.5) is 0 Å². The molecule has 1 aliphatic heterocycles. The van der Waals surface area contributed by atoms with E-state index in [0.29, 0.717) is 0 Å². The summed E-state index contributed by atoms with van der Waals surface area (Å²) in [7, 11) is 0. The average molecular weight is 349 g/mol. The molecular weight excluding hydrogens is 328 g/mol. The number of rotatable bonds is 4. The molecular formula is C16H21BrN4. The Morgan fingerprint density at radius 3 is 2.86 bits per heavy atom. The SMILES string of the molecule is CC(C)(NCc1nnc2n1CCCC2)c1ccccc1Br. The number of hydrogen-bond donors (Lipinski definition) is 1. The van der Waals surface area contributed by atoms with Gasteiger partial charge in [0.2, 0.25) is 0 Å². The number of nitrogens with zero attached hydrogens (tertiary/aromatic N) is 3. The molecule has 0 atom stereocenters. The van der Waals surface area contributed by atoms with E-state index in [0.717, 1.165) is 35.6 Å². The maximum Gasteiger partial charge on any atom is 0.147 e. The van der Waals surface area contributed by atoms with Gasteiger partial charge in [-0.15, -0.1) is 10.2 Å². The van der Waals surface area contributed by atoms with E-state index in [9.17, 15) is 0 Å². The normalized spacial score (nSPS) is 15.0. The first-order valence-corrected chi connectivity index (χ1v) is 8.28. The van der Waals surface area contributed by atoms with Crippen LogP contribution in [0.25, 0.3) is 0 Å². The van der Waals surface area contributed by atoms with Crippen LogP contribution in [0.3, 0.4) is 0 Å². The van der Waals surface area contributed by atoms with E-state index in [1.54, 1.807) is 0 Å². The van der Waals surface area contributed by atoms with Crippen molar-refractivity contribution < 1.29 is 0 Å². The zero-order chi connectivity index (χ0) is 14.9. The third-order valence-electron chi connectivity index (χ3n) is 4.17. The summed E-state index contributed by atoms with van der Waals surface area (Å²) < 4.78 is 3.40. The van der Waals surface area contributed by atoms with Gasteiger partial charge in [0.25, 0.3) is 0 Å². The fraction of sp³-hybridized carbons (Fsp3) is 0.500. The van der Waals surface area contributed by atoms with Crippen molar-refractivity contribution in [2.45, 2.75) is 51.7 Å². The van der Waals surface area contributed by atoms with Crippen molar-refractivity contribution in [1.82, 2.24) is 20.1 Å². The third kappa shape index (κ3) is 3.04. The lowest BCUT2D eigenvalue weighted by Gasteiger charge is -2.28. The molecule has 2 heterocycles. The Hall–Kier alpha value is -1.20. The van der Waals surface area contributed by atoms with Crippen LogP contribution in [-0.4, -0.2) is 14.8 Å². The summed E-state index contributed by atoms with van der Waals surface area (Å²) in [5, 5.41) is 12.3. The molecule has 1 N–H and O–H groups in total. The van der Waals surface area contributed by atoms with Crippen LogP contribution in [0.15, 0.2) is 28.7 Å². The summed E-state index contributed by atoms with van der Waals surface area (Å²) in [6, 6.07) is 8.34. The second-order valence-electron chi connectivity index (χ2n) is 6.10. The lowest BCUT2D eigenvalue weighted by Crippen LogP contribution is -2.37. The second kappa shape index (κ2) is 5.89. The fourth-order valence-corrected chi connectivity index (χ4v) is 3.64. The minimum Gasteiger partial charge on any atom is -0.314 e. The van der Waals surface area contributed by atoms with Crippen molar-refractivity contribution >= 4 is 15.9 Å². The van der Waals surface area contributed by atoms with E-state index in [2.05, 4.69) is 68.1 Å². The van der Waals surface area contributed by atoms with Crippen LogP contribution in [0.1, 0.15) is 43.9 Å². The molecule has 4 nitrogen and oxygen atoms in total. The first-order valence-electron chi connectivity index (χ1n) is 7.49. The molecule has 0 spiro atoms. The molecule has 1 aliphatic rings. The van der Waals surface area contributed by atoms with Gasteiger partial charge in [0.15, 0.2) is 0 Å². The Balaban J connectivity index is 1.75. The van der Waals surface area contributed by atoms with Gasteiger partial charge in [-0.1, -0.05) is 34.1 Å². The first-order chi connectivity index (χ1) is 10.1. The molecule has 3 rings (SSSR count). The molecule has 0 amide bonds. The largest absolute Gasteiger partial charge is 0.314 e. The number of benzene rings is 1. The molecule has 0 saturated carbocycles. The van der Waals surface area contributed by atoms with Crippen molar-refractivity contribution in [2.75, 3.05) is 0 Å². The smallest absolute Gasteiger partial charge is 0.147 e. The third-order valence-corrected chi connectivity index (χ3v) is 4.86. The van der Waals surface area contributed by atoms with E-state index in [1.165, 1.54) is 18.4 Å². The number of aromatic nitrogens is 3. The van der Waals surface area contributed by atoms with Gasteiger partial charge in [-0.05, 0) is 38.3 Å². The minimum absolute atomic E-state index is 0.124. The van der Waals surface area contributed by atoms with Crippen LogP contribution >= 0.6 is 15.9 Å². The maximum atomic E-state index is 4.36. The summed E-state index contributed by atoms with van der Waals surface area (Å²) in [5.41, 5.74) is 1.13. The van der Waals surface area contributed by atoms with Crippen LogP contribution in [-0.2, 0) is 25.0 Å². The van der Waals surface area contributed by atoms with Gasteiger partial charge < -0.3 is 9.88 Å². The van der Waals surface area contributed by atoms with Crippen molar-refractivity contribution in [3.05, 3.63) is 46.0 Å². The molecule has 2 aromatic rings. The molecule has 5 heteroatoms. The summed E-state index contributed by atoms with van der Waals surface area (Å²) in [6.45, 7) is 6.18. The highest BCUT2D eigenvalue weighted by atomic mass is 79.9.